The van der Waals surface area contributed by atoms with E-state index in [1.807, 2.05) is 6.92 Å². The molecule has 4 heteroatoms. The minimum atomic E-state index is 0.217. The van der Waals surface area contributed by atoms with Crippen molar-refractivity contribution in [3.05, 3.63) is 29.3 Å². The lowest BCUT2D eigenvalue weighted by molar-refractivity contribution is 0.114. The largest absolute Gasteiger partial charge is 0.494 e. The third-order valence-electron chi connectivity index (χ3n) is 3.45. The molecule has 106 valence electrons. The molecule has 2 N–H and O–H groups in total. The summed E-state index contributed by atoms with van der Waals surface area (Å²) in [7, 11) is 0. The summed E-state index contributed by atoms with van der Waals surface area (Å²) in [4.78, 5) is 2.41. The van der Waals surface area contributed by atoms with Gasteiger partial charge in [0.15, 0.2) is 0 Å². The summed E-state index contributed by atoms with van der Waals surface area (Å²) in [6.45, 7) is 8.84. The Morgan fingerprint density at radius 1 is 1.42 bits per heavy atom. The number of aliphatic hydroxyl groups excluding tert-OH is 1. The van der Waals surface area contributed by atoms with Crippen LogP contribution in [0.3, 0.4) is 0 Å². The summed E-state index contributed by atoms with van der Waals surface area (Å²) >= 11 is 0. The maximum Gasteiger partial charge on any atom is 0.122 e. The molecule has 0 aliphatic carbocycles. The average Bonchev–Trinajstić information content (AvgIpc) is 2.35. The van der Waals surface area contributed by atoms with E-state index >= 15 is 0 Å². The van der Waals surface area contributed by atoms with E-state index in [1.165, 1.54) is 11.1 Å². The summed E-state index contributed by atoms with van der Waals surface area (Å²) in [5.74, 6) is 0.984. The summed E-state index contributed by atoms with van der Waals surface area (Å²) in [6, 6.07) is 6.96. The molecule has 2 rings (SSSR count). The number of nitrogens with one attached hydrogen (secondary N) is 1. The average molecular weight is 264 g/mol. The Labute approximate surface area is 115 Å². The molecule has 1 aliphatic heterocycles. The molecule has 1 aromatic carbocycles. The molecule has 1 saturated heterocycles. The van der Waals surface area contributed by atoms with Crippen LogP contribution in [-0.4, -0.2) is 48.9 Å². The summed E-state index contributed by atoms with van der Waals surface area (Å²) in [5.41, 5.74) is 2.54. The number of hydrogen-bond donors (Lipinski definition) is 2. The first-order chi connectivity index (χ1) is 9.22. The van der Waals surface area contributed by atoms with Gasteiger partial charge in [-0.25, -0.2) is 0 Å². The van der Waals surface area contributed by atoms with Crippen molar-refractivity contribution in [1.82, 2.24) is 10.2 Å². The van der Waals surface area contributed by atoms with Gasteiger partial charge in [-0.2, -0.15) is 0 Å². The Balaban J connectivity index is 1.80. The Kier molecular flexibility index (Phi) is 5.19. The number of hydrogen-bond acceptors (Lipinski definition) is 4. The van der Waals surface area contributed by atoms with Gasteiger partial charge in [-0.05, 0) is 31.0 Å². The van der Waals surface area contributed by atoms with Gasteiger partial charge < -0.3 is 15.2 Å². The van der Waals surface area contributed by atoms with Crippen molar-refractivity contribution in [1.29, 1.82) is 0 Å². The molecule has 0 bridgehead atoms. The van der Waals surface area contributed by atoms with Crippen LogP contribution in [0.15, 0.2) is 18.2 Å². The molecular weight excluding hydrogens is 240 g/mol. The molecule has 0 aromatic heterocycles. The minimum Gasteiger partial charge on any atom is -0.494 e. The Morgan fingerprint density at radius 2 is 2.21 bits per heavy atom. The maximum absolute atomic E-state index is 8.75. The predicted molar refractivity (Wildman–Crippen MR) is 76.5 cm³/mol. The smallest absolute Gasteiger partial charge is 0.122 e. The fourth-order valence-electron chi connectivity index (χ4n) is 2.48. The van der Waals surface area contributed by atoms with Crippen LogP contribution in [0.2, 0.25) is 0 Å². The van der Waals surface area contributed by atoms with Crippen LogP contribution in [0.25, 0.3) is 0 Å². The van der Waals surface area contributed by atoms with E-state index in [4.69, 9.17) is 9.84 Å². The standard InChI is InChI=1S/C15H24N2O2/c1-3-19-15-5-4-13(8-12(15)2)9-17-10-14(11-17)16-6-7-18/h4-5,8,14,16,18H,3,6-7,9-11H2,1-2H3. The van der Waals surface area contributed by atoms with Gasteiger partial charge in [-0.3, -0.25) is 4.90 Å². The second-order valence-corrected chi connectivity index (χ2v) is 5.10. The lowest BCUT2D eigenvalue weighted by Crippen LogP contribution is -2.57. The number of nitrogens with zero attached hydrogens (tertiary/aromatic N) is 1. The zero-order valence-corrected chi connectivity index (χ0v) is 11.9. The van der Waals surface area contributed by atoms with Gasteiger partial charge in [0, 0.05) is 32.2 Å². The molecular formula is C15H24N2O2. The molecule has 0 unspecified atom stereocenters. The highest BCUT2D eigenvalue weighted by molar-refractivity contribution is 5.36. The van der Waals surface area contributed by atoms with Gasteiger partial charge >= 0.3 is 0 Å². The van der Waals surface area contributed by atoms with E-state index in [2.05, 4.69) is 35.3 Å². The molecule has 19 heavy (non-hydrogen) atoms. The van der Waals surface area contributed by atoms with E-state index < -0.39 is 0 Å². The fourth-order valence-corrected chi connectivity index (χ4v) is 2.48. The Bertz CT molecular complexity index is 403. The molecule has 0 saturated carbocycles. The highest BCUT2D eigenvalue weighted by Crippen LogP contribution is 2.21. The second kappa shape index (κ2) is 6.89. The predicted octanol–water partition coefficient (Wildman–Crippen LogP) is 1.16. The Hall–Kier alpha value is -1.10. The maximum atomic E-state index is 8.75. The first-order valence-corrected chi connectivity index (χ1v) is 7.02. The van der Waals surface area contributed by atoms with Crippen LogP contribution in [-0.2, 0) is 6.54 Å². The number of aryl methyl sites for hydroxylation is 1. The van der Waals surface area contributed by atoms with Crippen LogP contribution in [0.1, 0.15) is 18.1 Å². The number of benzene rings is 1. The number of aliphatic hydroxyl groups is 1. The number of ether oxygens (including phenoxy) is 1. The van der Waals surface area contributed by atoms with Crippen molar-refractivity contribution in [2.45, 2.75) is 26.4 Å². The molecule has 1 heterocycles. The third-order valence-corrected chi connectivity index (χ3v) is 3.45. The quantitative estimate of drug-likeness (QED) is 0.776. The summed E-state index contributed by atoms with van der Waals surface area (Å²) in [5, 5.41) is 12.1. The van der Waals surface area contributed by atoms with Crippen LogP contribution in [0.5, 0.6) is 5.75 Å². The Morgan fingerprint density at radius 3 is 2.84 bits per heavy atom. The van der Waals surface area contributed by atoms with Crippen molar-refractivity contribution in [2.24, 2.45) is 0 Å². The highest BCUT2D eigenvalue weighted by Gasteiger charge is 2.25. The first-order valence-electron chi connectivity index (χ1n) is 7.02. The zero-order chi connectivity index (χ0) is 13.7. The van der Waals surface area contributed by atoms with Gasteiger partial charge in [0.25, 0.3) is 0 Å². The lowest BCUT2D eigenvalue weighted by atomic mass is 10.1. The zero-order valence-electron chi connectivity index (χ0n) is 11.9. The van der Waals surface area contributed by atoms with Crippen molar-refractivity contribution in [3.8, 4) is 5.75 Å². The van der Waals surface area contributed by atoms with E-state index in [1.54, 1.807) is 0 Å². The molecule has 0 spiro atoms. The SMILES string of the molecule is CCOc1ccc(CN2CC(NCCO)C2)cc1C. The van der Waals surface area contributed by atoms with E-state index in [-0.39, 0.29) is 6.61 Å². The molecule has 0 atom stereocenters. The van der Waals surface area contributed by atoms with E-state index in [0.29, 0.717) is 19.2 Å². The van der Waals surface area contributed by atoms with Gasteiger partial charge in [0.1, 0.15) is 5.75 Å². The van der Waals surface area contributed by atoms with E-state index in [9.17, 15) is 0 Å². The second-order valence-electron chi connectivity index (χ2n) is 5.10. The highest BCUT2D eigenvalue weighted by atomic mass is 16.5. The molecule has 1 aromatic rings. The van der Waals surface area contributed by atoms with Crippen LogP contribution in [0, 0.1) is 6.92 Å². The van der Waals surface area contributed by atoms with Gasteiger partial charge in [-0.15, -0.1) is 0 Å². The lowest BCUT2D eigenvalue weighted by Gasteiger charge is -2.39. The van der Waals surface area contributed by atoms with Gasteiger partial charge in [0.2, 0.25) is 0 Å². The van der Waals surface area contributed by atoms with Crippen molar-refractivity contribution in [2.75, 3.05) is 32.8 Å². The minimum absolute atomic E-state index is 0.217. The number of rotatable bonds is 7. The molecule has 0 radical (unpaired) electrons. The van der Waals surface area contributed by atoms with Gasteiger partial charge in [0.05, 0.1) is 13.2 Å². The van der Waals surface area contributed by atoms with Crippen molar-refractivity contribution in [3.63, 3.8) is 0 Å². The van der Waals surface area contributed by atoms with Crippen LogP contribution in [0.4, 0.5) is 0 Å². The third kappa shape index (κ3) is 3.93. The number of likely N-dealkylation sites (tertiary alicyclic amines) is 1. The van der Waals surface area contributed by atoms with Crippen LogP contribution >= 0.6 is 0 Å². The first kappa shape index (κ1) is 14.3. The topological polar surface area (TPSA) is 44.7 Å². The molecule has 0 amide bonds. The van der Waals surface area contributed by atoms with Gasteiger partial charge in [-0.1, -0.05) is 12.1 Å². The summed E-state index contributed by atoms with van der Waals surface area (Å²) in [6.07, 6.45) is 0. The molecule has 1 fully saturated rings. The fraction of sp³-hybridized carbons (Fsp3) is 0.600. The normalized spacial score (nSPS) is 16.4. The summed E-state index contributed by atoms with van der Waals surface area (Å²) < 4.78 is 5.55. The van der Waals surface area contributed by atoms with Crippen molar-refractivity contribution < 1.29 is 9.84 Å². The monoisotopic (exact) mass is 264 g/mol. The molecule has 4 nitrogen and oxygen atoms in total. The van der Waals surface area contributed by atoms with E-state index in [0.717, 1.165) is 25.4 Å². The van der Waals surface area contributed by atoms with Crippen LogP contribution < -0.4 is 10.1 Å². The molecule has 1 aliphatic rings. The van der Waals surface area contributed by atoms with Crippen molar-refractivity contribution >= 4 is 0 Å².